The Hall–Kier alpha value is 2.03. The van der Waals surface area contributed by atoms with Gasteiger partial charge in [0.2, 0.25) is 0 Å². The molecule has 0 aliphatic rings. The minimum atomic E-state index is -4.04. The van der Waals surface area contributed by atoms with Crippen LogP contribution in [-0.2, 0) is 8.65 Å². The predicted octanol–water partition coefficient (Wildman–Crippen LogP) is 3.61. The van der Waals surface area contributed by atoms with Crippen LogP contribution >= 0.6 is 48.5 Å². The van der Waals surface area contributed by atoms with Gasteiger partial charge in [-0.1, -0.05) is 0 Å². The van der Waals surface area contributed by atoms with E-state index in [9.17, 15) is 0 Å². The van der Waals surface area contributed by atoms with Crippen molar-refractivity contribution in [3.63, 3.8) is 0 Å². The monoisotopic (exact) mass is 295 g/mol. The first kappa shape index (κ1) is 11.8. The van der Waals surface area contributed by atoms with Gasteiger partial charge in [-0.2, -0.15) is 0 Å². The molecule has 0 unspecified atom stereocenters. The molecule has 0 fully saturated rings. The molecule has 1 nitrogen and oxygen atoms in total. The Morgan fingerprint density at radius 1 is 0.714 bits per heavy atom. The summed E-state index contributed by atoms with van der Waals surface area (Å²) >= 11 is 0. The molecule has 0 spiro atoms. The summed E-state index contributed by atoms with van der Waals surface area (Å²) in [5.74, 6) is 0. The van der Waals surface area contributed by atoms with E-state index < -0.39 is 8.65 Å². The molecule has 0 amide bonds. The standard InChI is InChI=1S/5ClH.H3N.Rh/h5*1H;1H3;/q;;;;;;+5/p-5. The van der Waals surface area contributed by atoms with Crippen LogP contribution in [0.1, 0.15) is 0 Å². The van der Waals surface area contributed by atoms with Crippen LogP contribution in [0.2, 0.25) is 0 Å². The molecule has 7 heavy (non-hydrogen) atoms. The molecular formula is H3Cl5NRh. The van der Waals surface area contributed by atoms with Crippen LogP contribution in [0.15, 0.2) is 0 Å². The molecular weight excluding hydrogens is 294 g/mol. The van der Waals surface area contributed by atoms with E-state index in [1.54, 1.807) is 0 Å². The summed E-state index contributed by atoms with van der Waals surface area (Å²) in [6.45, 7) is 0. The molecule has 3 N–H and O–H groups in total. The van der Waals surface area contributed by atoms with Gasteiger partial charge in [-0.05, 0) is 0 Å². The van der Waals surface area contributed by atoms with E-state index in [2.05, 4.69) is 0 Å². The average Bonchev–Trinajstić information content (AvgIpc) is 0.650. The van der Waals surface area contributed by atoms with Crippen LogP contribution in [0.4, 0.5) is 0 Å². The zero-order chi connectivity index (χ0) is 5.45. The van der Waals surface area contributed by atoms with Crippen LogP contribution < -0.4 is 6.15 Å². The topological polar surface area (TPSA) is 35.0 Å². The molecule has 0 aromatic carbocycles. The molecule has 0 aromatic rings. The Labute approximate surface area is 62.7 Å². The van der Waals surface area contributed by atoms with E-state index in [4.69, 9.17) is 48.5 Å². The molecule has 0 aliphatic carbocycles. The summed E-state index contributed by atoms with van der Waals surface area (Å²) in [6, 6.07) is 0. The number of hydrogen-bond donors (Lipinski definition) is 1. The number of halogens is 5. The molecule has 0 bridgehead atoms. The maximum atomic E-state index is 5.02. The molecule has 52 valence electrons. The van der Waals surface area contributed by atoms with E-state index in [0.717, 1.165) is 0 Å². The van der Waals surface area contributed by atoms with Crippen molar-refractivity contribution >= 4 is 48.5 Å². The van der Waals surface area contributed by atoms with Crippen LogP contribution in [-0.4, -0.2) is 0 Å². The van der Waals surface area contributed by atoms with E-state index >= 15 is 0 Å². The van der Waals surface area contributed by atoms with Crippen molar-refractivity contribution in [1.29, 1.82) is 0 Å². The zero-order valence-electron chi connectivity index (χ0n) is 2.93. The van der Waals surface area contributed by atoms with Gasteiger partial charge in [0.05, 0.1) is 0 Å². The Kier molecular flexibility index (Phi) is 4.62. The first-order valence-electron chi connectivity index (χ1n) is 0.630. The Balaban J connectivity index is 0. The van der Waals surface area contributed by atoms with Crippen LogP contribution in [0.5, 0.6) is 0 Å². The Morgan fingerprint density at radius 3 is 0.714 bits per heavy atom. The Morgan fingerprint density at radius 2 is 0.714 bits per heavy atom. The van der Waals surface area contributed by atoms with Crippen molar-refractivity contribution in [2.75, 3.05) is 0 Å². The van der Waals surface area contributed by atoms with Crippen LogP contribution in [0, 0.1) is 0 Å². The van der Waals surface area contributed by atoms with Crippen LogP contribution in [0.3, 0.4) is 0 Å². The van der Waals surface area contributed by atoms with E-state index in [1.807, 2.05) is 0 Å². The van der Waals surface area contributed by atoms with Gasteiger partial charge in [0.1, 0.15) is 0 Å². The SMILES string of the molecule is N.[Cl][Rh]([Cl])([Cl])([Cl])[Cl]. The summed E-state index contributed by atoms with van der Waals surface area (Å²) in [5.41, 5.74) is 0. The fraction of sp³-hybridized carbons (Fsp3) is 0. The summed E-state index contributed by atoms with van der Waals surface area (Å²) in [7, 11) is 21.0. The van der Waals surface area contributed by atoms with Crippen molar-refractivity contribution in [1.82, 2.24) is 6.15 Å². The quantitative estimate of drug-likeness (QED) is 0.681. The van der Waals surface area contributed by atoms with Gasteiger partial charge >= 0.3 is 57.1 Å². The van der Waals surface area contributed by atoms with E-state index in [1.165, 1.54) is 0 Å². The average molecular weight is 297 g/mol. The molecule has 0 radical (unpaired) electrons. The van der Waals surface area contributed by atoms with Gasteiger partial charge in [-0.15, -0.1) is 0 Å². The van der Waals surface area contributed by atoms with Crippen molar-refractivity contribution in [2.45, 2.75) is 0 Å². The van der Waals surface area contributed by atoms with Crippen molar-refractivity contribution in [2.24, 2.45) is 0 Å². The minimum absolute atomic E-state index is 0. The molecule has 0 heterocycles. The third-order valence-electron chi connectivity index (χ3n) is 0. The second kappa shape index (κ2) is 2.74. The van der Waals surface area contributed by atoms with Gasteiger partial charge in [-0.3, -0.25) is 0 Å². The van der Waals surface area contributed by atoms with Gasteiger partial charge < -0.3 is 6.15 Å². The first-order chi connectivity index (χ1) is 2.24. The van der Waals surface area contributed by atoms with Crippen molar-refractivity contribution in [3.05, 3.63) is 0 Å². The summed E-state index contributed by atoms with van der Waals surface area (Å²) < 4.78 is 0. The van der Waals surface area contributed by atoms with Crippen LogP contribution in [0.25, 0.3) is 0 Å². The molecule has 0 saturated heterocycles. The van der Waals surface area contributed by atoms with Crippen molar-refractivity contribution < 1.29 is 8.65 Å². The fourth-order valence-corrected chi connectivity index (χ4v) is 0. The normalized spacial score (nSPS) is 16.4. The molecule has 0 saturated carbocycles. The maximum absolute atomic E-state index is 5.02. The number of hydrogen-bond acceptors (Lipinski definition) is 1. The van der Waals surface area contributed by atoms with Gasteiger partial charge in [0, 0.05) is 0 Å². The second-order valence-corrected chi connectivity index (χ2v) is 25.4. The molecule has 0 aliphatic heterocycles. The third-order valence-corrected chi connectivity index (χ3v) is 0. The fourth-order valence-electron chi connectivity index (χ4n) is 0. The summed E-state index contributed by atoms with van der Waals surface area (Å²) in [4.78, 5) is 0. The molecule has 0 rings (SSSR count). The first-order valence-corrected chi connectivity index (χ1v) is 11.2. The zero-order valence-corrected chi connectivity index (χ0v) is 8.35. The predicted molar refractivity (Wildman–Crippen MR) is 34.3 cm³/mol. The summed E-state index contributed by atoms with van der Waals surface area (Å²) in [6.07, 6.45) is 0. The van der Waals surface area contributed by atoms with Gasteiger partial charge in [0.15, 0.2) is 0 Å². The van der Waals surface area contributed by atoms with Gasteiger partial charge in [-0.25, -0.2) is 0 Å². The molecule has 0 aromatic heterocycles. The van der Waals surface area contributed by atoms with E-state index in [0.29, 0.717) is 0 Å². The second-order valence-electron chi connectivity index (χ2n) is 0.476. The van der Waals surface area contributed by atoms with Gasteiger partial charge in [0.25, 0.3) is 0 Å². The molecule has 0 atom stereocenters. The third kappa shape index (κ3) is 70.7. The Bertz CT molecular complexity index is 41.3. The van der Waals surface area contributed by atoms with E-state index in [-0.39, 0.29) is 6.15 Å². The summed E-state index contributed by atoms with van der Waals surface area (Å²) in [5, 5.41) is 0. The van der Waals surface area contributed by atoms with Crippen molar-refractivity contribution in [3.8, 4) is 0 Å². The molecule has 7 heteroatoms. The number of rotatable bonds is 0.